The highest BCUT2D eigenvalue weighted by atomic mass is 79.9. The van der Waals surface area contributed by atoms with Gasteiger partial charge in [0.1, 0.15) is 0 Å². The molecule has 0 fully saturated rings. The Labute approximate surface area is 95.9 Å². The molecular weight excluding hydrogens is 236 g/mol. The van der Waals surface area contributed by atoms with E-state index in [2.05, 4.69) is 61.0 Å². The number of halogens is 1. The van der Waals surface area contributed by atoms with E-state index in [0.717, 1.165) is 11.8 Å². The molecule has 0 nitrogen and oxygen atoms in total. The Morgan fingerprint density at radius 1 is 1.14 bits per heavy atom. The summed E-state index contributed by atoms with van der Waals surface area (Å²) in [6.45, 7) is 6.79. The molecule has 0 saturated heterocycles. The predicted octanol–water partition coefficient (Wildman–Crippen LogP) is 4.31. The summed E-state index contributed by atoms with van der Waals surface area (Å²) in [5.74, 6) is 0. The van der Waals surface area contributed by atoms with E-state index in [0.29, 0.717) is 0 Å². The highest BCUT2D eigenvalue weighted by Gasteiger charge is 2.18. The molecule has 0 bridgehead atoms. The van der Waals surface area contributed by atoms with Crippen LogP contribution in [0.4, 0.5) is 0 Å². The van der Waals surface area contributed by atoms with Crippen LogP contribution in [-0.2, 0) is 11.8 Å². The summed E-state index contributed by atoms with van der Waals surface area (Å²) in [7, 11) is 0. The Morgan fingerprint density at radius 3 is 2.14 bits per heavy atom. The van der Waals surface area contributed by atoms with Crippen molar-refractivity contribution >= 4 is 15.9 Å². The lowest BCUT2D eigenvalue weighted by atomic mass is 9.82. The van der Waals surface area contributed by atoms with E-state index >= 15 is 0 Å². The smallest absolute Gasteiger partial charge is 0.00395 e. The van der Waals surface area contributed by atoms with Crippen LogP contribution in [-0.4, -0.2) is 5.33 Å². The summed E-state index contributed by atoms with van der Waals surface area (Å²) < 4.78 is 0. The fraction of sp³-hybridized carbons (Fsp3) is 0.538. The summed E-state index contributed by atoms with van der Waals surface area (Å²) in [6, 6.07) is 9.01. The van der Waals surface area contributed by atoms with Crippen LogP contribution in [0.3, 0.4) is 0 Å². The molecule has 1 rings (SSSR count). The molecule has 0 unspecified atom stereocenters. The van der Waals surface area contributed by atoms with Crippen molar-refractivity contribution in [3.63, 3.8) is 0 Å². The van der Waals surface area contributed by atoms with Gasteiger partial charge >= 0.3 is 0 Å². The average molecular weight is 255 g/mol. The topological polar surface area (TPSA) is 0 Å². The molecule has 0 saturated carbocycles. The molecule has 0 heterocycles. The predicted molar refractivity (Wildman–Crippen MR) is 67.3 cm³/mol. The molecule has 0 radical (unpaired) electrons. The molecule has 78 valence electrons. The van der Waals surface area contributed by atoms with E-state index < -0.39 is 0 Å². The largest absolute Gasteiger partial charge is 0.0928 e. The third-order valence-electron chi connectivity index (χ3n) is 2.86. The minimum absolute atomic E-state index is 0.287. The highest BCUT2D eigenvalue weighted by Crippen LogP contribution is 2.27. The summed E-state index contributed by atoms with van der Waals surface area (Å²) in [5, 5.41) is 1.07. The van der Waals surface area contributed by atoms with Gasteiger partial charge in [-0.05, 0) is 29.4 Å². The summed E-state index contributed by atoms with van der Waals surface area (Å²) in [5.41, 5.74) is 3.15. The van der Waals surface area contributed by atoms with E-state index in [1.807, 2.05) is 0 Å². The van der Waals surface area contributed by atoms with E-state index in [1.54, 1.807) is 0 Å². The van der Waals surface area contributed by atoms with Crippen LogP contribution in [0.15, 0.2) is 24.3 Å². The fourth-order valence-electron chi connectivity index (χ4n) is 1.57. The van der Waals surface area contributed by atoms with E-state index in [4.69, 9.17) is 0 Å². The zero-order chi connectivity index (χ0) is 10.6. The monoisotopic (exact) mass is 254 g/mol. The average Bonchev–Trinajstić information content (AvgIpc) is 2.18. The molecular formula is C13H19Br. The minimum atomic E-state index is 0.287. The Bertz CT molecular complexity index is 272. The van der Waals surface area contributed by atoms with Gasteiger partial charge in [0.25, 0.3) is 0 Å². The van der Waals surface area contributed by atoms with Crippen molar-refractivity contribution in [3.8, 4) is 0 Å². The second kappa shape index (κ2) is 4.97. The molecule has 0 spiro atoms. The first-order valence-electron chi connectivity index (χ1n) is 5.25. The Kier molecular flexibility index (Phi) is 4.18. The molecule has 0 amide bonds. The van der Waals surface area contributed by atoms with Gasteiger partial charge < -0.3 is 0 Å². The van der Waals surface area contributed by atoms with Crippen LogP contribution in [0.2, 0.25) is 0 Å². The van der Waals surface area contributed by atoms with Crippen LogP contribution in [0.5, 0.6) is 0 Å². The third-order valence-corrected chi connectivity index (χ3v) is 3.26. The quantitative estimate of drug-likeness (QED) is 0.703. The maximum Gasteiger partial charge on any atom is 0.00395 e. The van der Waals surface area contributed by atoms with Crippen molar-refractivity contribution < 1.29 is 0 Å². The maximum absolute atomic E-state index is 3.51. The van der Waals surface area contributed by atoms with Gasteiger partial charge in [0, 0.05) is 5.33 Å². The van der Waals surface area contributed by atoms with Crippen molar-refractivity contribution in [1.29, 1.82) is 0 Å². The standard InChI is InChI=1S/C13H19Br/c1-4-11-5-7-12(8-6-11)13(2,3)9-10-14/h5-8H,4,9-10H2,1-3H3. The van der Waals surface area contributed by atoms with Gasteiger partial charge in [-0.1, -0.05) is 61.0 Å². The molecule has 0 aliphatic heterocycles. The van der Waals surface area contributed by atoms with E-state index in [9.17, 15) is 0 Å². The number of alkyl halides is 1. The summed E-state index contributed by atoms with van der Waals surface area (Å²) >= 11 is 3.51. The lowest BCUT2D eigenvalue weighted by Gasteiger charge is -2.24. The Morgan fingerprint density at radius 2 is 1.71 bits per heavy atom. The molecule has 0 atom stereocenters. The molecule has 0 aromatic heterocycles. The van der Waals surface area contributed by atoms with Gasteiger partial charge in [0.15, 0.2) is 0 Å². The summed E-state index contributed by atoms with van der Waals surface area (Å²) in [6.07, 6.45) is 2.30. The normalized spacial score (nSPS) is 11.7. The van der Waals surface area contributed by atoms with Crippen molar-refractivity contribution in [3.05, 3.63) is 35.4 Å². The van der Waals surface area contributed by atoms with Gasteiger partial charge in [-0.3, -0.25) is 0 Å². The number of hydrogen-bond donors (Lipinski definition) is 0. The zero-order valence-electron chi connectivity index (χ0n) is 9.31. The van der Waals surface area contributed by atoms with Crippen LogP contribution >= 0.6 is 15.9 Å². The van der Waals surface area contributed by atoms with Gasteiger partial charge in [-0.25, -0.2) is 0 Å². The van der Waals surface area contributed by atoms with Gasteiger partial charge in [-0.15, -0.1) is 0 Å². The minimum Gasteiger partial charge on any atom is -0.0928 e. The van der Waals surface area contributed by atoms with Crippen molar-refractivity contribution in [2.75, 3.05) is 5.33 Å². The third kappa shape index (κ3) is 2.84. The summed E-state index contributed by atoms with van der Waals surface area (Å²) in [4.78, 5) is 0. The van der Waals surface area contributed by atoms with Crippen LogP contribution < -0.4 is 0 Å². The molecule has 1 heteroatoms. The second-order valence-corrected chi connectivity index (χ2v) is 5.17. The van der Waals surface area contributed by atoms with Gasteiger partial charge in [0.05, 0.1) is 0 Å². The Hall–Kier alpha value is -0.300. The van der Waals surface area contributed by atoms with Crippen molar-refractivity contribution in [2.24, 2.45) is 0 Å². The number of rotatable bonds is 4. The van der Waals surface area contributed by atoms with Crippen molar-refractivity contribution in [1.82, 2.24) is 0 Å². The van der Waals surface area contributed by atoms with Crippen LogP contribution in [0.25, 0.3) is 0 Å². The lowest BCUT2D eigenvalue weighted by molar-refractivity contribution is 0.512. The van der Waals surface area contributed by atoms with Crippen molar-refractivity contribution in [2.45, 2.75) is 39.0 Å². The highest BCUT2D eigenvalue weighted by molar-refractivity contribution is 9.09. The number of benzene rings is 1. The molecule has 0 aliphatic rings. The molecule has 1 aromatic rings. The molecule has 1 aromatic carbocycles. The number of aryl methyl sites for hydroxylation is 1. The zero-order valence-corrected chi connectivity index (χ0v) is 10.9. The van der Waals surface area contributed by atoms with Crippen LogP contribution in [0, 0.1) is 0 Å². The van der Waals surface area contributed by atoms with Gasteiger partial charge in [0.2, 0.25) is 0 Å². The second-order valence-electron chi connectivity index (χ2n) is 4.37. The lowest BCUT2D eigenvalue weighted by Crippen LogP contribution is -2.17. The first-order chi connectivity index (χ1) is 6.60. The van der Waals surface area contributed by atoms with Crippen LogP contribution in [0.1, 0.15) is 38.3 Å². The SMILES string of the molecule is CCc1ccc(C(C)(C)CCBr)cc1. The maximum atomic E-state index is 3.51. The molecule has 0 N–H and O–H groups in total. The Balaban J connectivity index is 2.85. The first-order valence-corrected chi connectivity index (χ1v) is 6.37. The first kappa shape index (κ1) is 11.8. The number of hydrogen-bond acceptors (Lipinski definition) is 0. The fourth-order valence-corrected chi connectivity index (χ4v) is 2.56. The molecule has 14 heavy (non-hydrogen) atoms. The van der Waals surface area contributed by atoms with E-state index in [-0.39, 0.29) is 5.41 Å². The molecule has 0 aliphatic carbocycles. The van der Waals surface area contributed by atoms with Gasteiger partial charge in [-0.2, -0.15) is 0 Å². The van der Waals surface area contributed by atoms with E-state index in [1.165, 1.54) is 17.5 Å².